The number of benzene rings is 1. The molecule has 1 heterocycles. The summed E-state index contributed by atoms with van der Waals surface area (Å²) in [5.41, 5.74) is 1.02. The van der Waals surface area contributed by atoms with Crippen molar-refractivity contribution < 1.29 is 9.13 Å². The number of ether oxygens (including phenoxy) is 1. The fourth-order valence-electron chi connectivity index (χ4n) is 3.29. The average molecular weight is 249 g/mol. The summed E-state index contributed by atoms with van der Waals surface area (Å²) >= 11 is 0. The minimum Gasteiger partial charge on any atom is -0.382 e. The van der Waals surface area contributed by atoms with Crippen LogP contribution in [0.4, 0.5) is 10.1 Å². The van der Waals surface area contributed by atoms with Gasteiger partial charge < -0.3 is 10.1 Å². The van der Waals surface area contributed by atoms with Gasteiger partial charge in [0.25, 0.3) is 0 Å². The van der Waals surface area contributed by atoms with Gasteiger partial charge in [-0.2, -0.15) is 0 Å². The quantitative estimate of drug-likeness (QED) is 0.865. The number of anilines is 1. The highest BCUT2D eigenvalue weighted by Gasteiger charge is 2.35. The molecule has 0 radical (unpaired) electrons. The zero-order chi connectivity index (χ0) is 12.4. The molecule has 1 aromatic carbocycles. The van der Waals surface area contributed by atoms with Gasteiger partial charge in [0.05, 0.1) is 6.10 Å². The van der Waals surface area contributed by atoms with Crippen LogP contribution in [-0.2, 0) is 4.74 Å². The highest BCUT2D eigenvalue weighted by molar-refractivity contribution is 5.44. The first-order valence-electron chi connectivity index (χ1n) is 6.96. The van der Waals surface area contributed by atoms with Crippen molar-refractivity contribution in [1.82, 2.24) is 0 Å². The van der Waals surface area contributed by atoms with Gasteiger partial charge >= 0.3 is 0 Å². The number of halogens is 1. The summed E-state index contributed by atoms with van der Waals surface area (Å²) in [5, 5.41) is 3.56. The van der Waals surface area contributed by atoms with Crippen molar-refractivity contribution in [2.24, 2.45) is 5.92 Å². The molecule has 1 N–H and O–H groups in total. The van der Waals surface area contributed by atoms with E-state index in [0.717, 1.165) is 18.7 Å². The summed E-state index contributed by atoms with van der Waals surface area (Å²) in [6.45, 7) is 0.847. The maximum absolute atomic E-state index is 12.9. The van der Waals surface area contributed by atoms with E-state index in [1.165, 1.54) is 37.8 Å². The Morgan fingerprint density at radius 1 is 1.06 bits per heavy atom. The lowest BCUT2D eigenvalue weighted by Gasteiger charge is -2.41. The Balaban J connectivity index is 1.69. The molecule has 1 aromatic rings. The Kier molecular flexibility index (Phi) is 3.50. The van der Waals surface area contributed by atoms with E-state index < -0.39 is 0 Å². The third kappa shape index (κ3) is 2.51. The van der Waals surface area contributed by atoms with Crippen LogP contribution < -0.4 is 5.32 Å². The number of hydrogen-bond donors (Lipinski definition) is 1. The minimum atomic E-state index is -0.178. The fraction of sp³-hybridized carbons (Fsp3) is 0.600. The van der Waals surface area contributed by atoms with Gasteiger partial charge in [0, 0.05) is 24.3 Å². The summed E-state index contributed by atoms with van der Waals surface area (Å²) in [7, 11) is 0. The molecule has 2 aliphatic rings. The molecule has 1 saturated carbocycles. The van der Waals surface area contributed by atoms with Crippen LogP contribution in [0.15, 0.2) is 24.3 Å². The van der Waals surface area contributed by atoms with Gasteiger partial charge in [0.1, 0.15) is 5.82 Å². The third-order valence-electron chi connectivity index (χ3n) is 4.23. The lowest BCUT2D eigenvalue weighted by Crippen LogP contribution is -2.45. The van der Waals surface area contributed by atoms with Gasteiger partial charge in [-0.15, -0.1) is 0 Å². The molecular weight excluding hydrogens is 229 g/mol. The van der Waals surface area contributed by atoms with E-state index in [4.69, 9.17) is 4.74 Å². The van der Waals surface area contributed by atoms with E-state index >= 15 is 0 Å². The van der Waals surface area contributed by atoms with Gasteiger partial charge in [-0.25, -0.2) is 4.39 Å². The van der Waals surface area contributed by atoms with Crippen LogP contribution in [0.3, 0.4) is 0 Å². The Bertz CT molecular complexity index is 390. The summed E-state index contributed by atoms with van der Waals surface area (Å²) in [6.07, 6.45) is 6.55. The zero-order valence-electron chi connectivity index (χ0n) is 10.6. The van der Waals surface area contributed by atoms with Crippen LogP contribution in [0.1, 0.15) is 32.1 Å². The SMILES string of the molecule is Fc1ccc(NC2CCOC3CCCCC23)cc1. The van der Waals surface area contributed by atoms with Crippen LogP contribution in [0.5, 0.6) is 0 Å². The third-order valence-corrected chi connectivity index (χ3v) is 4.23. The molecule has 1 saturated heterocycles. The largest absolute Gasteiger partial charge is 0.382 e. The molecule has 0 spiro atoms. The fourth-order valence-corrected chi connectivity index (χ4v) is 3.29. The van der Waals surface area contributed by atoms with Crippen LogP contribution in [0.2, 0.25) is 0 Å². The van der Waals surface area contributed by atoms with Crippen LogP contribution in [-0.4, -0.2) is 18.8 Å². The molecule has 98 valence electrons. The second-order valence-electron chi connectivity index (χ2n) is 5.40. The first-order chi connectivity index (χ1) is 8.83. The van der Waals surface area contributed by atoms with Gasteiger partial charge in [0.15, 0.2) is 0 Å². The summed E-state index contributed by atoms with van der Waals surface area (Å²) in [6, 6.07) is 7.15. The second-order valence-corrected chi connectivity index (χ2v) is 5.40. The Hall–Kier alpha value is -1.09. The van der Waals surface area contributed by atoms with E-state index in [9.17, 15) is 4.39 Å². The van der Waals surface area contributed by atoms with Crippen molar-refractivity contribution in [1.29, 1.82) is 0 Å². The molecule has 2 fully saturated rings. The van der Waals surface area contributed by atoms with Crippen molar-refractivity contribution >= 4 is 5.69 Å². The minimum absolute atomic E-state index is 0.178. The summed E-state index contributed by atoms with van der Waals surface area (Å²) in [5.74, 6) is 0.445. The highest BCUT2D eigenvalue weighted by atomic mass is 19.1. The van der Waals surface area contributed by atoms with Crippen molar-refractivity contribution in [3.05, 3.63) is 30.1 Å². The summed E-state index contributed by atoms with van der Waals surface area (Å²) in [4.78, 5) is 0. The second kappa shape index (κ2) is 5.27. The normalized spacial score (nSPS) is 31.7. The van der Waals surface area contributed by atoms with Crippen molar-refractivity contribution in [3.8, 4) is 0 Å². The maximum atomic E-state index is 12.9. The van der Waals surface area contributed by atoms with Gasteiger partial charge in [-0.05, 0) is 43.5 Å². The van der Waals surface area contributed by atoms with Crippen LogP contribution in [0.25, 0.3) is 0 Å². The van der Waals surface area contributed by atoms with Gasteiger partial charge in [-0.1, -0.05) is 12.8 Å². The Labute approximate surface area is 108 Å². The molecule has 2 nitrogen and oxygen atoms in total. The molecule has 3 atom stereocenters. The maximum Gasteiger partial charge on any atom is 0.123 e. The Morgan fingerprint density at radius 3 is 2.67 bits per heavy atom. The van der Waals surface area contributed by atoms with Crippen molar-refractivity contribution in [3.63, 3.8) is 0 Å². The number of nitrogens with one attached hydrogen (secondary N) is 1. The Morgan fingerprint density at radius 2 is 1.83 bits per heavy atom. The predicted octanol–water partition coefficient (Wildman–Crippen LogP) is 3.59. The van der Waals surface area contributed by atoms with E-state index in [0.29, 0.717) is 18.1 Å². The molecule has 0 aromatic heterocycles. The van der Waals surface area contributed by atoms with Crippen molar-refractivity contribution in [2.75, 3.05) is 11.9 Å². The smallest absolute Gasteiger partial charge is 0.123 e. The molecule has 3 rings (SSSR count). The molecule has 1 aliphatic heterocycles. The molecule has 0 amide bonds. The average Bonchev–Trinajstić information content (AvgIpc) is 2.42. The first-order valence-corrected chi connectivity index (χ1v) is 6.96. The lowest BCUT2D eigenvalue weighted by molar-refractivity contribution is -0.0527. The van der Waals surface area contributed by atoms with Crippen molar-refractivity contribution in [2.45, 2.75) is 44.2 Å². The van der Waals surface area contributed by atoms with E-state index in [1.54, 1.807) is 0 Å². The van der Waals surface area contributed by atoms with Gasteiger partial charge in [-0.3, -0.25) is 0 Å². The first kappa shape index (κ1) is 12.0. The predicted molar refractivity (Wildman–Crippen MR) is 70.1 cm³/mol. The zero-order valence-corrected chi connectivity index (χ0v) is 10.6. The molecule has 0 bridgehead atoms. The van der Waals surface area contributed by atoms with Gasteiger partial charge in [0.2, 0.25) is 0 Å². The molecule has 1 aliphatic carbocycles. The van der Waals surface area contributed by atoms with Crippen LogP contribution >= 0.6 is 0 Å². The van der Waals surface area contributed by atoms with E-state index in [1.807, 2.05) is 12.1 Å². The molecule has 3 unspecified atom stereocenters. The molecule has 18 heavy (non-hydrogen) atoms. The monoisotopic (exact) mass is 249 g/mol. The molecule has 3 heteroatoms. The van der Waals surface area contributed by atoms with Crippen LogP contribution in [0, 0.1) is 11.7 Å². The topological polar surface area (TPSA) is 21.3 Å². The summed E-state index contributed by atoms with van der Waals surface area (Å²) < 4.78 is 18.8. The highest BCUT2D eigenvalue weighted by Crippen LogP contribution is 2.35. The number of hydrogen-bond acceptors (Lipinski definition) is 2. The number of rotatable bonds is 2. The van der Waals surface area contributed by atoms with E-state index in [-0.39, 0.29) is 5.82 Å². The lowest BCUT2D eigenvalue weighted by atomic mass is 9.79. The molecular formula is C15H20FNO. The number of fused-ring (bicyclic) bond motifs is 1. The van der Waals surface area contributed by atoms with E-state index in [2.05, 4.69) is 5.32 Å². The standard InChI is InChI=1S/C15H20FNO/c16-11-5-7-12(8-6-11)17-14-9-10-18-15-4-2-1-3-13(14)15/h5-8,13-15,17H,1-4,9-10H2.